The number of carboxylic acids is 1. The molecule has 0 aliphatic heterocycles. The van der Waals surface area contributed by atoms with Gasteiger partial charge in [-0.2, -0.15) is 0 Å². The summed E-state index contributed by atoms with van der Waals surface area (Å²) in [4.78, 5) is 39.0. The van der Waals surface area contributed by atoms with Crippen molar-refractivity contribution in [3.05, 3.63) is 33.9 Å². The second-order valence-corrected chi connectivity index (χ2v) is 5.38. The summed E-state index contributed by atoms with van der Waals surface area (Å²) in [7, 11) is 0. The largest absolute Gasteiger partial charge is 0.480 e. The third kappa shape index (κ3) is 4.14. The van der Waals surface area contributed by atoms with Crippen molar-refractivity contribution in [2.75, 3.05) is 6.54 Å². The molecule has 2 rings (SSSR count). The van der Waals surface area contributed by atoms with Crippen molar-refractivity contribution in [2.24, 2.45) is 5.92 Å². The number of halogens is 1. The van der Waals surface area contributed by atoms with Gasteiger partial charge >= 0.3 is 5.97 Å². The molecule has 3 N–H and O–H groups in total. The molecule has 0 atom stereocenters. The molecule has 2 aromatic rings. The number of amides is 1. The monoisotopic (exact) mass is 356 g/mol. The van der Waals surface area contributed by atoms with Gasteiger partial charge in [0.15, 0.2) is 11.1 Å². The Labute approximate surface area is 144 Å². The number of carboxylic acid groups (broad SMARTS) is 1. The quantitative estimate of drug-likeness (QED) is 0.690. The SMILES string of the molecule is CCC(CC)Cc1cc(=O)c(C(=O)NCC(=O)O)c2nc[nH]n12.Cl. The summed E-state index contributed by atoms with van der Waals surface area (Å²) in [6, 6.07) is 1.42. The molecule has 2 heterocycles. The smallest absolute Gasteiger partial charge is 0.322 e. The number of aromatic amines is 1. The molecule has 9 heteroatoms. The maximum atomic E-state index is 12.3. The number of hydrogen-bond donors (Lipinski definition) is 3. The van der Waals surface area contributed by atoms with Crippen LogP contribution in [0.5, 0.6) is 0 Å². The van der Waals surface area contributed by atoms with Crippen LogP contribution in [-0.4, -0.2) is 38.1 Å². The lowest BCUT2D eigenvalue weighted by molar-refractivity contribution is -0.135. The zero-order chi connectivity index (χ0) is 17.0. The van der Waals surface area contributed by atoms with E-state index in [9.17, 15) is 14.4 Å². The lowest BCUT2D eigenvalue weighted by atomic mass is 9.97. The minimum Gasteiger partial charge on any atom is -0.480 e. The topological polar surface area (TPSA) is 117 Å². The Hall–Kier alpha value is -2.35. The molecule has 0 aromatic carbocycles. The number of fused-ring (bicyclic) bond motifs is 1. The zero-order valence-electron chi connectivity index (χ0n) is 13.5. The van der Waals surface area contributed by atoms with Crippen LogP contribution in [0.3, 0.4) is 0 Å². The highest BCUT2D eigenvalue weighted by Crippen LogP contribution is 2.16. The number of carbonyl (C=O) groups excluding carboxylic acids is 1. The third-order valence-electron chi connectivity index (χ3n) is 3.92. The summed E-state index contributed by atoms with van der Waals surface area (Å²) in [5, 5.41) is 13.7. The van der Waals surface area contributed by atoms with E-state index in [1.54, 1.807) is 4.52 Å². The van der Waals surface area contributed by atoms with Crippen LogP contribution in [0.1, 0.15) is 42.7 Å². The Morgan fingerprint density at radius 2 is 2.04 bits per heavy atom. The minimum absolute atomic E-state index is 0. The molecule has 0 aliphatic carbocycles. The maximum Gasteiger partial charge on any atom is 0.322 e. The molecule has 1 amide bonds. The van der Waals surface area contributed by atoms with E-state index in [1.165, 1.54) is 12.4 Å². The molecule has 0 saturated heterocycles. The number of aliphatic carboxylic acids is 1. The minimum atomic E-state index is -1.18. The first-order valence-corrected chi connectivity index (χ1v) is 7.55. The lowest BCUT2D eigenvalue weighted by Gasteiger charge is -2.14. The summed E-state index contributed by atoms with van der Waals surface area (Å²) >= 11 is 0. The van der Waals surface area contributed by atoms with Crippen LogP contribution in [0.15, 0.2) is 17.2 Å². The number of nitrogens with zero attached hydrogens (tertiary/aromatic N) is 2. The standard InChI is InChI=1S/C15H20N4O4.ClH/c1-3-9(4-2)5-10-6-11(20)13(14-17-8-18-19(10)14)15(23)16-7-12(21)22;/h6,8-9H,3-5,7H2,1-2H3,(H,16,23)(H,17,18)(H,21,22);1H. The van der Waals surface area contributed by atoms with E-state index in [4.69, 9.17) is 5.11 Å². The first-order valence-electron chi connectivity index (χ1n) is 7.55. The van der Waals surface area contributed by atoms with Crippen molar-refractivity contribution in [3.8, 4) is 0 Å². The number of nitrogens with one attached hydrogen (secondary N) is 2. The molecule has 0 fully saturated rings. The number of hydrogen-bond acceptors (Lipinski definition) is 4. The van der Waals surface area contributed by atoms with Gasteiger partial charge in [-0.15, -0.1) is 12.4 Å². The molecule has 0 spiro atoms. The fourth-order valence-corrected chi connectivity index (χ4v) is 2.54. The average molecular weight is 357 g/mol. The Morgan fingerprint density at radius 3 is 2.62 bits per heavy atom. The molecule has 24 heavy (non-hydrogen) atoms. The maximum absolute atomic E-state index is 12.3. The van der Waals surface area contributed by atoms with E-state index in [1.807, 2.05) is 0 Å². The van der Waals surface area contributed by atoms with Gasteiger partial charge in [0.25, 0.3) is 5.91 Å². The fourth-order valence-electron chi connectivity index (χ4n) is 2.54. The Morgan fingerprint density at radius 1 is 1.38 bits per heavy atom. The molecule has 132 valence electrons. The van der Waals surface area contributed by atoms with Crippen LogP contribution in [0, 0.1) is 5.92 Å². The first-order chi connectivity index (χ1) is 11.0. The molecule has 0 bridgehead atoms. The second-order valence-electron chi connectivity index (χ2n) is 5.38. The lowest BCUT2D eigenvalue weighted by Crippen LogP contribution is -2.33. The van der Waals surface area contributed by atoms with Gasteiger partial charge in [-0.3, -0.25) is 19.5 Å². The normalized spacial score (nSPS) is 10.6. The van der Waals surface area contributed by atoms with Gasteiger partial charge in [0.05, 0.1) is 0 Å². The Kier molecular flexibility index (Phi) is 6.97. The van der Waals surface area contributed by atoms with Crippen molar-refractivity contribution >= 4 is 29.9 Å². The highest BCUT2D eigenvalue weighted by molar-refractivity contribution is 6.00. The highest BCUT2D eigenvalue weighted by atomic mass is 35.5. The molecular formula is C15H21ClN4O4. The molecule has 0 saturated carbocycles. The van der Waals surface area contributed by atoms with Crippen LogP contribution in [0.25, 0.3) is 5.65 Å². The number of H-pyrrole nitrogens is 1. The predicted octanol–water partition coefficient (Wildman–Crippen LogP) is 1.24. The van der Waals surface area contributed by atoms with Crippen molar-refractivity contribution in [2.45, 2.75) is 33.1 Å². The van der Waals surface area contributed by atoms with Gasteiger partial charge < -0.3 is 10.4 Å². The van der Waals surface area contributed by atoms with Gasteiger partial charge in [0.2, 0.25) is 0 Å². The number of carbonyl (C=O) groups is 2. The van der Waals surface area contributed by atoms with E-state index >= 15 is 0 Å². The summed E-state index contributed by atoms with van der Waals surface area (Å²) in [6.45, 7) is 3.63. The van der Waals surface area contributed by atoms with Gasteiger partial charge in [-0.1, -0.05) is 26.7 Å². The number of aromatic nitrogens is 3. The molecule has 2 aromatic heterocycles. The van der Waals surface area contributed by atoms with Crippen LogP contribution < -0.4 is 10.7 Å². The van der Waals surface area contributed by atoms with Gasteiger partial charge in [0.1, 0.15) is 18.4 Å². The van der Waals surface area contributed by atoms with Crippen LogP contribution >= 0.6 is 12.4 Å². The van der Waals surface area contributed by atoms with Crippen molar-refractivity contribution in [1.29, 1.82) is 0 Å². The van der Waals surface area contributed by atoms with Crippen molar-refractivity contribution in [1.82, 2.24) is 19.9 Å². The summed E-state index contributed by atoms with van der Waals surface area (Å²) in [5.41, 5.74) is 0.356. The van der Waals surface area contributed by atoms with E-state index < -0.39 is 23.9 Å². The predicted molar refractivity (Wildman–Crippen MR) is 90.8 cm³/mol. The Balaban J connectivity index is 0.00000288. The summed E-state index contributed by atoms with van der Waals surface area (Å²) in [6.07, 6.45) is 4.07. The molecule has 0 aliphatic rings. The van der Waals surface area contributed by atoms with E-state index in [0.29, 0.717) is 12.3 Å². The van der Waals surface area contributed by atoms with E-state index in [2.05, 4.69) is 29.2 Å². The van der Waals surface area contributed by atoms with E-state index in [-0.39, 0.29) is 23.6 Å². The molecule has 0 radical (unpaired) electrons. The highest BCUT2D eigenvalue weighted by Gasteiger charge is 2.20. The van der Waals surface area contributed by atoms with Crippen molar-refractivity contribution < 1.29 is 14.7 Å². The van der Waals surface area contributed by atoms with Crippen LogP contribution in [-0.2, 0) is 11.2 Å². The second kappa shape index (κ2) is 8.49. The number of pyridine rings is 1. The van der Waals surface area contributed by atoms with Crippen LogP contribution in [0.4, 0.5) is 0 Å². The Bertz CT molecular complexity index is 779. The average Bonchev–Trinajstić information content (AvgIpc) is 2.99. The molecule has 8 nitrogen and oxygen atoms in total. The van der Waals surface area contributed by atoms with Gasteiger partial charge in [-0.25, -0.2) is 9.50 Å². The van der Waals surface area contributed by atoms with Crippen molar-refractivity contribution in [3.63, 3.8) is 0 Å². The number of rotatable bonds is 7. The zero-order valence-corrected chi connectivity index (χ0v) is 14.4. The first kappa shape index (κ1) is 19.7. The van der Waals surface area contributed by atoms with Gasteiger partial charge in [-0.05, 0) is 12.3 Å². The van der Waals surface area contributed by atoms with Crippen LogP contribution in [0.2, 0.25) is 0 Å². The molecular weight excluding hydrogens is 336 g/mol. The van der Waals surface area contributed by atoms with Gasteiger partial charge in [0, 0.05) is 11.8 Å². The molecule has 0 unspecified atom stereocenters. The third-order valence-corrected chi connectivity index (χ3v) is 3.92. The van der Waals surface area contributed by atoms with E-state index in [0.717, 1.165) is 18.5 Å². The summed E-state index contributed by atoms with van der Waals surface area (Å²) < 4.78 is 1.61. The fraction of sp³-hybridized carbons (Fsp3) is 0.467. The summed E-state index contributed by atoms with van der Waals surface area (Å²) in [5.74, 6) is -1.49.